The Labute approximate surface area is 91.7 Å². The molecule has 1 unspecified atom stereocenters. The number of aryl methyl sites for hydroxylation is 1. The van der Waals surface area contributed by atoms with Crippen LogP contribution in [0.15, 0.2) is 0 Å². The second kappa shape index (κ2) is 3.97. The molecule has 0 aromatic carbocycles. The van der Waals surface area contributed by atoms with Crippen molar-refractivity contribution in [3.63, 3.8) is 0 Å². The summed E-state index contributed by atoms with van der Waals surface area (Å²) in [4.78, 5) is 4.67. The molecule has 0 spiro atoms. The lowest BCUT2D eigenvalue weighted by atomic mass is 10.0. The molecule has 1 aliphatic rings. The number of hydrogen-bond donors (Lipinski definition) is 1. The Balaban J connectivity index is 2.37. The molecule has 0 bridgehead atoms. The summed E-state index contributed by atoms with van der Waals surface area (Å²) in [6.07, 6.45) is 3.36. The van der Waals surface area contributed by atoms with E-state index in [0.717, 1.165) is 25.1 Å². The Hall–Kier alpha value is -0.830. The Kier molecular flexibility index (Phi) is 2.83. The molecule has 3 heteroatoms. The van der Waals surface area contributed by atoms with E-state index in [9.17, 15) is 0 Å². The van der Waals surface area contributed by atoms with Crippen molar-refractivity contribution < 1.29 is 0 Å². The van der Waals surface area contributed by atoms with E-state index in [1.54, 1.807) is 0 Å². The van der Waals surface area contributed by atoms with Gasteiger partial charge in [-0.3, -0.25) is 0 Å². The molecule has 1 atom stereocenters. The van der Waals surface area contributed by atoms with Crippen LogP contribution in [0, 0.1) is 12.8 Å². The number of aromatic nitrogens is 2. The van der Waals surface area contributed by atoms with E-state index in [0.29, 0.717) is 5.92 Å². The Morgan fingerprint density at radius 1 is 1.53 bits per heavy atom. The molecule has 3 nitrogen and oxygen atoms in total. The first-order valence-corrected chi connectivity index (χ1v) is 5.91. The van der Waals surface area contributed by atoms with Crippen LogP contribution in [0.1, 0.15) is 49.9 Å². The predicted molar refractivity (Wildman–Crippen MR) is 61.7 cm³/mol. The highest BCUT2D eigenvalue weighted by Crippen LogP contribution is 2.27. The topological polar surface area (TPSA) is 43.8 Å². The molecular formula is C12H21N3. The summed E-state index contributed by atoms with van der Waals surface area (Å²) in [5.41, 5.74) is 8.54. The number of imidazole rings is 1. The highest BCUT2D eigenvalue weighted by atomic mass is 15.1. The monoisotopic (exact) mass is 207 g/mol. The molecule has 0 fully saturated rings. The Morgan fingerprint density at radius 3 is 2.93 bits per heavy atom. The molecule has 0 aliphatic carbocycles. The molecule has 15 heavy (non-hydrogen) atoms. The molecule has 1 aliphatic heterocycles. The summed E-state index contributed by atoms with van der Waals surface area (Å²) in [5, 5.41) is 0. The normalized spacial score (nSPS) is 20.7. The van der Waals surface area contributed by atoms with Gasteiger partial charge in [0.15, 0.2) is 0 Å². The van der Waals surface area contributed by atoms with Crippen molar-refractivity contribution in [3.05, 3.63) is 17.2 Å². The van der Waals surface area contributed by atoms with Gasteiger partial charge in [0.05, 0.1) is 11.4 Å². The lowest BCUT2D eigenvalue weighted by Gasteiger charge is -2.23. The molecular weight excluding hydrogens is 186 g/mol. The minimum Gasteiger partial charge on any atom is -0.330 e. The molecule has 2 N–H and O–H groups in total. The maximum atomic E-state index is 6.13. The van der Waals surface area contributed by atoms with E-state index in [1.807, 2.05) is 0 Å². The molecule has 2 heterocycles. The third-order valence-electron chi connectivity index (χ3n) is 3.11. The molecule has 0 saturated heterocycles. The number of rotatable bonds is 2. The van der Waals surface area contributed by atoms with Gasteiger partial charge >= 0.3 is 0 Å². The van der Waals surface area contributed by atoms with E-state index in [4.69, 9.17) is 5.73 Å². The van der Waals surface area contributed by atoms with Gasteiger partial charge in [-0.05, 0) is 25.7 Å². The first kappa shape index (κ1) is 10.7. The molecule has 0 amide bonds. The van der Waals surface area contributed by atoms with Crippen molar-refractivity contribution in [3.8, 4) is 0 Å². The summed E-state index contributed by atoms with van der Waals surface area (Å²) in [7, 11) is 0. The second-order valence-electron chi connectivity index (χ2n) is 5.00. The molecule has 0 saturated carbocycles. The first-order valence-electron chi connectivity index (χ1n) is 5.91. The average Bonchev–Trinajstić information content (AvgIpc) is 2.44. The molecule has 2 rings (SSSR count). The van der Waals surface area contributed by atoms with E-state index >= 15 is 0 Å². The summed E-state index contributed by atoms with van der Waals surface area (Å²) < 4.78 is 2.35. The van der Waals surface area contributed by atoms with E-state index in [2.05, 4.69) is 30.3 Å². The number of nitrogens with zero attached hydrogens (tertiary/aromatic N) is 2. The van der Waals surface area contributed by atoms with Crippen LogP contribution in [0.3, 0.4) is 0 Å². The molecule has 84 valence electrons. The van der Waals surface area contributed by atoms with Crippen LogP contribution in [0.5, 0.6) is 0 Å². The van der Waals surface area contributed by atoms with E-state index < -0.39 is 0 Å². The zero-order valence-corrected chi connectivity index (χ0v) is 9.95. The highest BCUT2D eigenvalue weighted by Gasteiger charge is 2.23. The fraction of sp³-hybridized carbons (Fsp3) is 0.750. The minimum absolute atomic E-state index is 0.201. The number of hydrogen-bond acceptors (Lipinski definition) is 2. The third kappa shape index (κ3) is 1.93. The molecule has 1 aromatic heterocycles. The Bertz CT molecular complexity index is 352. The van der Waals surface area contributed by atoms with Crippen LogP contribution in [0.25, 0.3) is 0 Å². The summed E-state index contributed by atoms with van der Waals surface area (Å²) >= 11 is 0. The largest absolute Gasteiger partial charge is 0.330 e. The fourth-order valence-corrected chi connectivity index (χ4v) is 2.49. The summed E-state index contributed by atoms with van der Waals surface area (Å²) in [5.74, 6) is 1.89. The first-order chi connectivity index (χ1) is 7.09. The Morgan fingerprint density at radius 2 is 2.27 bits per heavy atom. The van der Waals surface area contributed by atoms with Crippen molar-refractivity contribution in [1.29, 1.82) is 0 Å². The van der Waals surface area contributed by atoms with Gasteiger partial charge < -0.3 is 10.3 Å². The summed E-state index contributed by atoms with van der Waals surface area (Å²) in [6, 6.07) is 0.201. The van der Waals surface area contributed by atoms with Crippen molar-refractivity contribution in [1.82, 2.24) is 9.55 Å². The third-order valence-corrected chi connectivity index (χ3v) is 3.11. The van der Waals surface area contributed by atoms with Crippen molar-refractivity contribution in [2.24, 2.45) is 11.7 Å². The van der Waals surface area contributed by atoms with Crippen LogP contribution in [0.4, 0.5) is 0 Å². The molecule has 0 radical (unpaired) electrons. The summed E-state index contributed by atoms with van der Waals surface area (Å²) in [6.45, 7) is 7.66. The van der Waals surface area contributed by atoms with Gasteiger partial charge in [-0.2, -0.15) is 0 Å². The van der Waals surface area contributed by atoms with Gasteiger partial charge in [0, 0.05) is 19.0 Å². The van der Waals surface area contributed by atoms with Crippen molar-refractivity contribution in [2.75, 3.05) is 0 Å². The number of fused-ring (bicyclic) bond motifs is 1. The van der Waals surface area contributed by atoms with Crippen LogP contribution < -0.4 is 5.73 Å². The minimum atomic E-state index is 0.201. The molecule has 1 aromatic rings. The van der Waals surface area contributed by atoms with Gasteiger partial charge in [-0.1, -0.05) is 13.8 Å². The number of nitrogens with two attached hydrogens (primary N) is 1. The van der Waals surface area contributed by atoms with Gasteiger partial charge in [0.25, 0.3) is 0 Å². The predicted octanol–water partition coefficient (Wildman–Crippen LogP) is 2.18. The standard InChI is InChI=1S/C12H21N3/c1-8(2)7-11-14-9(3)12-10(13)5-4-6-15(11)12/h8,10H,4-7,13H2,1-3H3. The maximum Gasteiger partial charge on any atom is 0.109 e. The SMILES string of the molecule is Cc1nc(CC(C)C)n2c1C(N)CCC2. The maximum absolute atomic E-state index is 6.13. The zero-order chi connectivity index (χ0) is 11.0. The van der Waals surface area contributed by atoms with Crippen molar-refractivity contribution in [2.45, 2.75) is 52.6 Å². The van der Waals surface area contributed by atoms with E-state index in [1.165, 1.54) is 17.9 Å². The van der Waals surface area contributed by atoms with Gasteiger partial charge in [-0.15, -0.1) is 0 Å². The highest BCUT2D eigenvalue weighted by molar-refractivity contribution is 5.21. The van der Waals surface area contributed by atoms with Gasteiger partial charge in [0.2, 0.25) is 0 Å². The van der Waals surface area contributed by atoms with Crippen LogP contribution in [0.2, 0.25) is 0 Å². The lowest BCUT2D eigenvalue weighted by Crippen LogP contribution is -2.23. The van der Waals surface area contributed by atoms with Crippen molar-refractivity contribution >= 4 is 0 Å². The van der Waals surface area contributed by atoms with Gasteiger partial charge in [-0.25, -0.2) is 4.98 Å². The van der Waals surface area contributed by atoms with Crippen LogP contribution in [-0.2, 0) is 13.0 Å². The van der Waals surface area contributed by atoms with Crippen LogP contribution in [-0.4, -0.2) is 9.55 Å². The fourth-order valence-electron chi connectivity index (χ4n) is 2.49. The van der Waals surface area contributed by atoms with E-state index in [-0.39, 0.29) is 6.04 Å². The average molecular weight is 207 g/mol. The zero-order valence-electron chi connectivity index (χ0n) is 9.95. The smallest absolute Gasteiger partial charge is 0.109 e. The van der Waals surface area contributed by atoms with Gasteiger partial charge in [0.1, 0.15) is 5.82 Å². The lowest BCUT2D eigenvalue weighted by molar-refractivity contribution is 0.442. The van der Waals surface area contributed by atoms with Crippen LogP contribution >= 0.6 is 0 Å². The quantitative estimate of drug-likeness (QED) is 0.807. The second-order valence-corrected chi connectivity index (χ2v) is 5.00.